The lowest BCUT2D eigenvalue weighted by Crippen LogP contribution is -2.24. The Bertz CT molecular complexity index is 4880. The molecule has 6 aliphatic heterocycles. The second kappa shape index (κ2) is 37.3. The van der Waals surface area contributed by atoms with Crippen LogP contribution in [0.1, 0.15) is 107 Å². The maximum atomic E-state index is 10.2. The lowest BCUT2D eigenvalue weighted by atomic mass is 9.99. The fourth-order valence-electron chi connectivity index (χ4n) is 18.5. The number of nitrogens with zero attached hydrogens (tertiary/aromatic N) is 18. The molecule has 618 valence electrons. The average Bonchev–Trinajstić information content (AvgIpc) is 2.03. The summed E-state index contributed by atoms with van der Waals surface area (Å²) in [5.41, 5.74) is 55.4. The van der Waals surface area contributed by atoms with Gasteiger partial charge in [-0.25, -0.2) is 59.8 Å². The molecule has 7 fully saturated rings. The van der Waals surface area contributed by atoms with Gasteiger partial charge in [0.25, 0.3) is 0 Å². The molecule has 30 heteroatoms. The van der Waals surface area contributed by atoms with E-state index in [4.69, 9.17) is 40.8 Å². The first kappa shape index (κ1) is 83.5. The smallest absolute Gasteiger partial charge is 0.130 e. The Hall–Kier alpha value is -9.98. The van der Waals surface area contributed by atoms with Gasteiger partial charge in [0, 0.05) is 175 Å². The van der Waals surface area contributed by atoms with Gasteiger partial charge < -0.3 is 65.0 Å². The highest BCUT2D eigenvalue weighted by molar-refractivity contribution is 5.79. The fraction of sp³-hybridized carbons (Fsp3) is 0.494. The molecular weight excluding hydrogens is 1480 g/mol. The summed E-state index contributed by atoms with van der Waals surface area (Å²) >= 11 is 0. The molecule has 6 aromatic heterocycles. The number of likely N-dealkylation sites (tertiary alicyclic amines) is 6. The first-order valence-electron chi connectivity index (χ1n) is 41.0. The van der Waals surface area contributed by atoms with Gasteiger partial charge in [-0.3, -0.25) is 29.4 Å². The number of β-amino-alcohol motifs (C(OH)–C–C–N with tert-alkyl or cyclic N) is 6. The van der Waals surface area contributed by atoms with E-state index < -0.39 is 6.10 Å². The van der Waals surface area contributed by atoms with Gasteiger partial charge in [0.15, 0.2) is 0 Å². The van der Waals surface area contributed by atoms with E-state index in [0.717, 1.165) is 228 Å². The number of anilines is 6. The molecule has 7 aliphatic carbocycles. The van der Waals surface area contributed by atoms with Crippen molar-refractivity contribution < 1.29 is 30.6 Å². The number of hydrogen-bond acceptors (Lipinski definition) is 30. The third kappa shape index (κ3) is 19.3. The Kier molecular flexibility index (Phi) is 26.6. The number of hydrogen-bond donors (Lipinski definition) is 12. The number of aromatic nitrogens is 12. The summed E-state index contributed by atoms with van der Waals surface area (Å²) in [7, 11) is 0. The van der Waals surface area contributed by atoms with Crippen molar-refractivity contribution in [2.24, 2.45) is 41.4 Å². The highest BCUT2D eigenvalue weighted by Gasteiger charge is 2.43. The predicted molar refractivity (Wildman–Crippen MR) is 456 cm³/mol. The Morgan fingerprint density at radius 1 is 0.402 bits per heavy atom. The highest BCUT2D eigenvalue weighted by Crippen LogP contribution is 2.43. The molecule has 6 aromatic rings. The van der Waals surface area contributed by atoms with E-state index in [1.54, 1.807) is 6.33 Å². The van der Waals surface area contributed by atoms with Crippen molar-refractivity contribution in [3.05, 3.63) is 179 Å². The molecule has 1 saturated carbocycles. The van der Waals surface area contributed by atoms with Crippen molar-refractivity contribution in [2.45, 2.75) is 115 Å². The van der Waals surface area contributed by atoms with E-state index in [1.807, 2.05) is 19.1 Å². The molecule has 30 nitrogen and oxygen atoms in total. The zero-order valence-corrected chi connectivity index (χ0v) is 67.3. The van der Waals surface area contributed by atoms with Crippen molar-refractivity contribution >= 4 is 68.3 Å². The SMILES string of the molecule is C#CC1CN(CC2=CCc3c(N)ncnc32)C[C@@H]1O.C=C(C)C1CN(CC2=CCc3c(N)ncnc32)C[C@@H]1O.C=CC1CN(CC2=CCc3c(N)ncnc32)C[C@@H]1O.C=CCC1CN(CC2=CCc3c(N)ncnc32)C[C@@H]1O.CC[C@H]1CN(CC2=CCc3c(N)ncnc32)C[C@@H]1O.Nc1ncnc2c1CC=C2CN1CC(C2CC2)[C@@H](O)C1. The number of nitrogens with two attached hydrogens (primary N) is 6. The highest BCUT2D eigenvalue weighted by atomic mass is 16.3. The molecule has 19 rings (SSSR count). The molecule has 0 spiro atoms. The van der Waals surface area contributed by atoms with Gasteiger partial charge in [-0.05, 0) is 116 Å². The molecule has 0 aromatic carbocycles. The van der Waals surface area contributed by atoms with Crippen LogP contribution in [0.3, 0.4) is 0 Å². The van der Waals surface area contributed by atoms with Gasteiger partial charge in [-0.15, -0.1) is 19.6 Å². The number of aliphatic hydroxyl groups excluding tert-OH is 6. The zero-order chi connectivity index (χ0) is 82.3. The largest absolute Gasteiger partial charge is 0.391 e. The lowest BCUT2D eigenvalue weighted by Gasteiger charge is -2.16. The number of terminal acetylenes is 1. The van der Waals surface area contributed by atoms with Crippen molar-refractivity contribution in [1.29, 1.82) is 0 Å². The van der Waals surface area contributed by atoms with E-state index in [0.29, 0.717) is 78.8 Å². The van der Waals surface area contributed by atoms with Crippen LogP contribution in [-0.4, -0.2) is 274 Å². The maximum Gasteiger partial charge on any atom is 0.130 e. The second-order valence-corrected chi connectivity index (χ2v) is 33.3. The number of aliphatic hydroxyl groups is 6. The first-order chi connectivity index (χ1) is 56.5. The third-order valence-electron chi connectivity index (χ3n) is 25.3. The maximum absolute atomic E-state index is 10.2. The van der Waals surface area contributed by atoms with Crippen LogP contribution in [0, 0.1) is 53.8 Å². The fourth-order valence-corrected chi connectivity index (χ4v) is 18.5. The quantitative estimate of drug-likeness (QED) is 0.0432. The second-order valence-electron chi connectivity index (χ2n) is 33.3. The first-order valence-corrected chi connectivity index (χ1v) is 41.0. The van der Waals surface area contributed by atoms with E-state index in [1.165, 1.54) is 72.3 Å². The lowest BCUT2D eigenvalue weighted by molar-refractivity contribution is 0.133. The molecule has 13 aliphatic rings. The normalized spacial score (nSPS) is 26.6. The molecule has 12 atom stereocenters. The van der Waals surface area contributed by atoms with Gasteiger partial charge in [0.05, 0.1) is 76.7 Å². The Labute approximate surface area is 684 Å². The molecular formula is C87H114N24O6. The minimum Gasteiger partial charge on any atom is -0.391 e. The molecule has 5 unspecified atom stereocenters. The average molecular weight is 1590 g/mol. The molecule has 117 heavy (non-hydrogen) atoms. The van der Waals surface area contributed by atoms with Crippen molar-refractivity contribution in [3.63, 3.8) is 0 Å². The van der Waals surface area contributed by atoms with E-state index in [9.17, 15) is 30.6 Å². The van der Waals surface area contributed by atoms with Gasteiger partial charge >= 0.3 is 0 Å². The summed E-state index contributed by atoms with van der Waals surface area (Å²) in [4.78, 5) is 63.8. The monoisotopic (exact) mass is 1590 g/mol. The summed E-state index contributed by atoms with van der Waals surface area (Å²) < 4.78 is 0. The Balaban J connectivity index is 0.000000116. The summed E-state index contributed by atoms with van der Waals surface area (Å²) in [6, 6.07) is 0. The topological polar surface area (TPSA) is 452 Å². The van der Waals surface area contributed by atoms with Crippen LogP contribution in [0.15, 0.2) is 112 Å². The van der Waals surface area contributed by atoms with E-state index in [2.05, 4.69) is 158 Å². The van der Waals surface area contributed by atoms with Crippen LogP contribution >= 0.6 is 0 Å². The summed E-state index contributed by atoms with van der Waals surface area (Å²) in [6.45, 7) is 30.0. The number of allylic oxidation sites excluding steroid dienone is 7. The van der Waals surface area contributed by atoms with Crippen molar-refractivity contribution in [1.82, 2.24) is 89.2 Å². The van der Waals surface area contributed by atoms with Crippen LogP contribution in [0.5, 0.6) is 0 Å². The Morgan fingerprint density at radius 2 is 0.709 bits per heavy atom. The van der Waals surface area contributed by atoms with Gasteiger partial charge in [0.1, 0.15) is 72.9 Å². The van der Waals surface area contributed by atoms with Crippen LogP contribution in [0.4, 0.5) is 34.9 Å². The molecule has 0 radical (unpaired) electrons. The van der Waals surface area contributed by atoms with Crippen LogP contribution in [-0.2, 0) is 38.5 Å². The van der Waals surface area contributed by atoms with Gasteiger partial charge in [-0.2, -0.15) is 0 Å². The molecule has 0 amide bonds. The van der Waals surface area contributed by atoms with Crippen molar-refractivity contribution in [3.8, 4) is 12.3 Å². The summed E-state index contributed by atoms with van der Waals surface area (Å²) in [5, 5.41) is 60.0. The van der Waals surface area contributed by atoms with Gasteiger partial charge in [-0.1, -0.05) is 73.6 Å². The molecule has 6 saturated heterocycles. The van der Waals surface area contributed by atoms with Crippen LogP contribution < -0.4 is 34.4 Å². The third-order valence-corrected chi connectivity index (χ3v) is 25.3. The van der Waals surface area contributed by atoms with Crippen LogP contribution in [0.25, 0.3) is 33.4 Å². The van der Waals surface area contributed by atoms with Crippen LogP contribution in [0.2, 0.25) is 0 Å². The summed E-state index contributed by atoms with van der Waals surface area (Å²) in [6.07, 6.45) is 38.9. The number of rotatable bonds is 18. The minimum absolute atomic E-state index is 0.0723. The zero-order valence-electron chi connectivity index (χ0n) is 67.3. The summed E-state index contributed by atoms with van der Waals surface area (Å²) in [5.74, 6) is 8.30. The predicted octanol–water partition coefficient (Wildman–Crippen LogP) is 3.54. The van der Waals surface area contributed by atoms with Gasteiger partial charge in [0.2, 0.25) is 0 Å². The molecule has 18 N–H and O–H groups in total. The molecule has 12 heterocycles. The Morgan fingerprint density at radius 3 is 1.02 bits per heavy atom. The van der Waals surface area contributed by atoms with E-state index >= 15 is 0 Å². The van der Waals surface area contributed by atoms with E-state index in [-0.39, 0.29) is 48.3 Å². The number of fused-ring (bicyclic) bond motifs is 6. The minimum atomic E-state index is -0.429. The molecule has 0 bridgehead atoms. The number of nitrogen functional groups attached to an aromatic ring is 6. The standard InChI is InChI=1S/3C15H20N4O.C14H20N4O.C14H18N4O.C14H16N4O/c16-15-11-4-3-10(14(11)17-8-18-15)5-19-6-12(9-1-2-9)13(20)7-19;1-9(2)12-6-19(7-13(12)20)5-10-3-4-11-14(10)17-8-18-15(11)16;1-2-3-10-6-19(8-13(10)20)7-11-4-5-12-14(11)17-9-18-15(12)16;3*1-2-9-5-18(7-12(9)19)6-10-3-4-11-13(10)16-8-17-14(11)15/h3,8-9,12-13,20H,1-2,4-7H2,(H2,16,17,18);3,8,12-13,20H,1,4-7H2,2H3,(H2,16,17,18);2,4,9-10,13,20H,1,3,5-8H2,(H2,16,17,18);3,8-9,12,19H,2,4-7H2,1H3,(H2,15,16,17);2-3,8-9,12,19H,1,4-7H2,(H2,15,16,17);1,3,8-9,12,19H,4-7H2,(H2,15,16,17)/t2*12?,13-;10?,13-;9-,12-;2*9?,12-/m000000/s1. The van der Waals surface area contributed by atoms with Crippen molar-refractivity contribution in [2.75, 3.05) is 152 Å².